The van der Waals surface area contributed by atoms with Crippen molar-refractivity contribution < 1.29 is 14.4 Å². The molecule has 1 unspecified atom stereocenters. The molecular formula is C16H19NO3. The first-order chi connectivity index (χ1) is 9.50. The van der Waals surface area contributed by atoms with E-state index >= 15 is 0 Å². The van der Waals surface area contributed by atoms with Crippen LogP contribution in [-0.4, -0.2) is 35.0 Å². The molecule has 1 aliphatic heterocycles. The van der Waals surface area contributed by atoms with Gasteiger partial charge in [0.2, 0.25) is 5.91 Å². The van der Waals surface area contributed by atoms with Gasteiger partial charge in [-0.2, -0.15) is 0 Å². The fraction of sp³-hybridized carbons (Fsp3) is 0.438. The van der Waals surface area contributed by atoms with E-state index in [1.807, 2.05) is 19.9 Å². The summed E-state index contributed by atoms with van der Waals surface area (Å²) in [5.41, 5.74) is 0.551. The Morgan fingerprint density at radius 2 is 1.90 bits per heavy atom. The van der Waals surface area contributed by atoms with Crippen LogP contribution in [0.25, 0.3) is 0 Å². The monoisotopic (exact) mass is 273 g/mol. The van der Waals surface area contributed by atoms with Crippen LogP contribution < -0.4 is 0 Å². The van der Waals surface area contributed by atoms with Gasteiger partial charge in [-0.25, -0.2) is 0 Å². The normalized spacial score (nSPS) is 19.6. The fourth-order valence-electron chi connectivity index (χ4n) is 2.49. The molecule has 0 bridgehead atoms. The van der Waals surface area contributed by atoms with Crippen LogP contribution in [0.1, 0.15) is 37.0 Å². The van der Waals surface area contributed by atoms with Gasteiger partial charge in [0.25, 0.3) is 0 Å². The third-order valence-electron chi connectivity index (χ3n) is 3.68. The molecule has 0 saturated carbocycles. The maximum atomic E-state index is 12.3. The molecule has 0 radical (unpaired) electrons. The highest BCUT2D eigenvalue weighted by molar-refractivity contribution is 6.08. The minimum Gasteiger partial charge on any atom is -0.339 e. The van der Waals surface area contributed by atoms with Gasteiger partial charge in [0, 0.05) is 31.0 Å². The third-order valence-corrected chi connectivity index (χ3v) is 3.68. The van der Waals surface area contributed by atoms with Crippen molar-refractivity contribution in [2.45, 2.75) is 32.7 Å². The quantitative estimate of drug-likeness (QED) is 0.623. The van der Waals surface area contributed by atoms with E-state index in [1.165, 1.54) is 0 Å². The molecule has 1 saturated heterocycles. The van der Waals surface area contributed by atoms with Crippen LogP contribution in [0.4, 0.5) is 0 Å². The molecule has 1 aromatic carbocycles. The van der Waals surface area contributed by atoms with Gasteiger partial charge < -0.3 is 4.90 Å². The number of carbonyl (C=O) groups is 3. The Kier molecular flexibility index (Phi) is 4.32. The van der Waals surface area contributed by atoms with Gasteiger partial charge in [-0.1, -0.05) is 30.3 Å². The van der Waals surface area contributed by atoms with E-state index in [4.69, 9.17) is 0 Å². The Morgan fingerprint density at radius 1 is 1.25 bits per heavy atom. The second-order valence-electron chi connectivity index (χ2n) is 5.39. The van der Waals surface area contributed by atoms with Crippen molar-refractivity contribution in [3.05, 3.63) is 35.9 Å². The predicted octanol–water partition coefficient (Wildman–Crippen LogP) is 2.09. The minimum atomic E-state index is -0.807. The van der Waals surface area contributed by atoms with Gasteiger partial charge in [0.05, 0.1) is 0 Å². The van der Waals surface area contributed by atoms with Gasteiger partial charge in [-0.05, 0) is 13.8 Å². The van der Waals surface area contributed by atoms with E-state index in [2.05, 4.69) is 0 Å². The SMILES string of the molecule is CC(C)N1CCC(=O)C(CC(=O)c2ccccc2)C1=O. The summed E-state index contributed by atoms with van der Waals surface area (Å²) in [6, 6.07) is 8.86. The number of likely N-dealkylation sites (tertiary alicyclic amines) is 1. The van der Waals surface area contributed by atoms with Crippen LogP contribution in [0.3, 0.4) is 0 Å². The lowest BCUT2D eigenvalue weighted by atomic mass is 9.88. The van der Waals surface area contributed by atoms with E-state index in [0.29, 0.717) is 18.5 Å². The van der Waals surface area contributed by atoms with Crippen molar-refractivity contribution in [3.8, 4) is 0 Å². The van der Waals surface area contributed by atoms with Crippen molar-refractivity contribution in [2.75, 3.05) is 6.54 Å². The molecular weight excluding hydrogens is 254 g/mol. The van der Waals surface area contributed by atoms with Gasteiger partial charge in [-0.3, -0.25) is 14.4 Å². The second-order valence-corrected chi connectivity index (χ2v) is 5.39. The number of amides is 1. The Balaban J connectivity index is 2.12. The van der Waals surface area contributed by atoms with E-state index in [0.717, 1.165) is 0 Å². The van der Waals surface area contributed by atoms with Crippen molar-refractivity contribution in [2.24, 2.45) is 5.92 Å². The lowest BCUT2D eigenvalue weighted by molar-refractivity contribution is -0.147. The molecule has 1 amide bonds. The smallest absolute Gasteiger partial charge is 0.233 e. The number of Topliss-reactive ketones (excluding diaryl/α,β-unsaturated/α-hetero) is 2. The predicted molar refractivity (Wildman–Crippen MR) is 75.4 cm³/mol. The minimum absolute atomic E-state index is 0.0229. The molecule has 106 valence electrons. The van der Waals surface area contributed by atoms with Crippen LogP contribution in [0.15, 0.2) is 30.3 Å². The summed E-state index contributed by atoms with van der Waals surface area (Å²) < 4.78 is 0. The van der Waals surface area contributed by atoms with Crippen LogP contribution in [0, 0.1) is 5.92 Å². The van der Waals surface area contributed by atoms with Crippen molar-refractivity contribution in [1.82, 2.24) is 4.90 Å². The van der Waals surface area contributed by atoms with Crippen LogP contribution in [0.2, 0.25) is 0 Å². The number of benzene rings is 1. The topological polar surface area (TPSA) is 54.5 Å². The average molecular weight is 273 g/mol. The Morgan fingerprint density at radius 3 is 2.50 bits per heavy atom. The zero-order valence-electron chi connectivity index (χ0n) is 11.8. The molecule has 1 fully saturated rings. The zero-order chi connectivity index (χ0) is 14.7. The summed E-state index contributed by atoms with van der Waals surface area (Å²) in [5, 5.41) is 0. The van der Waals surface area contributed by atoms with E-state index < -0.39 is 5.92 Å². The van der Waals surface area contributed by atoms with E-state index in [-0.39, 0.29) is 29.9 Å². The molecule has 4 heteroatoms. The van der Waals surface area contributed by atoms with E-state index in [1.54, 1.807) is 29.2 Å². The Labute approximate surface area is 118 Å². The third kappa shape index (κ3) is 2.95. The first-order valence-corrected chi connectivity index (χ1v) is 6.92. The second kappa shape index (κ2) is 5.99. The van der Waals surface area contributed by atoms with Crippen molar-refractivity contribution >= 4 is 17.5 Å². The lowest BCUT2D eigenvalue weighted by Crippen LogP contribution is -2.49. The molecule has 0 spiro atoms. The van der Waals surface area contributed by atoms with Crippen LogP contribution in [-0.2, 0) is 9.59 Å². The molecule has 1 aliphatic rings. The number of nitrogens with zero attached hydrogens (tertiary/aromatic N) is 1. The highest BCUT2D eigenvalue weighted by Gasteiger charge is 2.37. The largest absolute Gasteiger partial charge is 0.339 e. The van der Waals surface area contributed by atoms with Crippen LogP contribution in [0.5, 0.6) is 0 Å². The standard InChI is InChI=1S/C16H19NO3/c1-11(2)17-9-8-14(18)13(16(17)20)10-15(19)12-6-4-3-5-7-12/h3-7,11,13H,8-10H2,1-2H3. The summed E-state index contributed by atoms with van der Waals surface area (Å²) in [6.45, 7) is 4.30. The van der Waals surface area contributed by atoms with Gasteiger partial charge in [-0.15, -0.1) is 0 Å². The first-order valence-electron chi connectivity index (χ1n) is 6.92. The molecule has 4 nitrogen and oxygen atoms in total. The average Bonchev–Trinajstić information content (AvgIpc) is 2.43. The summed E-state index contributed by atoms with van der Waals surface area (Å²) in [4.78, 5) is 38.1. The Bertz CT molecular complexity index is 522. The first kappa shape index (κ1) is 14.4. The molecule has 20 heavy (non-hydrogen) atoms. The summed E-state index contributed by atoms with van der Waals surface area (Å²) in [5.74, 6) is -1.28. The molecule has 0 aromatic heterocycles. The van der Waals surface area contributed by atoms with Gasteiger partial charge >= 0.3 is 0 Å². The number of hydrogen-bond acceptors (Lipinski definition) is 3. The highest BCUT2D eigenvalue weighted by atomic mass is 16.2. The number of ketones is 2. The number of piperidine rings is 1. The number of hydrogen-bond donors (Lipinski definition) is 0. The molecule has 1 heterocycles. The maximum Gasteiger partial charge on any atom is 0.233 e. The maximum absolute atomic E-state index is 12.3. The Hall–Kier alpha value is -1.97. The number of carbonyl (C=O) groups excluding carboxylic acids is 3. The summed E-state index contributed by atoms with van der Waals surface area (Å²) in [6.07, 6.45) is 0.321. The molecule has 0 aliphatic carbocycles. The summed E-state index contributed by atoms with van der Waals surface area (Å²) in [7, 11) is 0. The molecule has 2 rings (SSSR count). The molecule has 0 N–H and O–H groups in total. The van der Waals surface area contributed by atoms with Crippen LogP contribution >= 0.6 is 0 Å². The fourth-order valence-corrected chi connectivity index (χ4v) is 2.49. The van der Waals surface area contributed by atoms with Gasteiger partial charge in [0.1, 0.15) is 11.7 Å². The molecule has 1 aromatic rings. The summed E-state index contributed by atoms with van der Waals surface area (Å²) >= 11 is 0. The van der Waals surface area contributed by atoms with E-state index in [9.17, 15) is 14.4 Å². The molecule has 1 atom stereocenters. The van der Waals surface area contributed by atoms with Gasteiger partial charge in [0.15, 0.2) is 5.78 Å². The van der Waals surface area contributed by atoms with Crippen molar-refractivity contribution in [1.29, 1.82) is 0 Å². The number of rotatable bonds is 4. The lowest BCUT2D eigenvalue weighted by Gasteiger charge is -2.34. The highest BCUT2D eigenvalue weighted by Crippen LogP contribution is 2.22. The zero-order valence-corrected chi connectivity index (χ0v) is 11.8. The van der Waals surface area contributed by atoms with Crippen molar-refractivity contribution in [3.63, 3.8) is 0 Å².